The van der Waals surface area contributed by atoms with E-state index in [1.54, 1.807) is 18.3 Å². The number of aryl methyl sites for hydroxylation is 1. The molecule has 92 valence electrons. The van der Waals surface area contributed by atoms with Gasteiger partial charge in [0.05, 0.1) is 11.9 Å². The lowest BCUT2D eigenvalue weighted by Crippen LogP contribution is -2.12. The summed E-state index contributed by atoms with van der Waals surface area (Å²) in [5.41, 5.74) is 3.22. The van der Waals surface area contributed by atoms with Gasteiger partial charge in [0.2, 0.25) is 0 Å². The molecule has 18 heavy (non-hydrogen) atoms. The van der Waals surface area contributed by atoms with Crippen molar-refractivity contribution in [2.24, 2.45) is 0 Å². The molecule has 1 aromatic carbocycles. The van der Waals surface area contributed by atoms with E-state index in [9.17, 15) is 4.79 Å². The van der Waals surface area contributed by atoms with Gasteiger partial charge in [-0.05, 0) is 43.3 Å². The molecule has 1 heterocycles. The van der Waals surface area contributed by atoms with Crippen LogP contribution in [0.3, 0.4) is 0 Å². The molecule has 0 saturated carbocycles. The van der Waals surface area contributed by atoms with Crippen molar-refractivity contribution < 1.29 is 4.79 Å². The monoisotopic (exact) mass is 241 g/mol. The lowest BCUT2D eigenvalue weighted by atomic mass is 10.2. The molecule has 2 aromatic rings. The topological polar surface area (TPSA) is 54.0 Å². The van der Waals surface area contributed by atoms with Gasteiger partial charge in [-0.3, -0.25) is 9.78 Å². The number of nitrogens with one attached hydrogen (secondary N) is 2. The number of hydrogen-bond donors (Lipinski definition) is 2. The van der Waals surface area contributed by atoms with E-state index >= 15 is 0 Å². The highest BCUT2D eigenvalue weighted by atomic mass is 16.1. The van der Waals surface area contributed by atoms with Crippen molar-refractivity contribution in [1.82, 2.24) is 4.98 Å². The molecule has 0 unspecified atom stereocenters. The van der Waals surface area contributed by atoms with Gasteiger partial charge in [0.1, 0.15) is 0 Å². The average Bonchev–Trinajstić information content (AvgIpc) is 2.41. The number of rotatable bonds is 3. The molecule has 4 nitrogen and oxygen atoms in total. The van der Waals surface area contributed by atoms with Gasteiger partial charge in [0.15, 0.2) is 0 Å². The van der Waals surface area contributed by atoms with E-state index in [0.29, 0.717) is 11.3 Å². The molecule has 0 aliphatic rings. The number of nitrogens with zero attached hydrogens (tertiary/aromatic N) is 1. The van der Waals surface area contributed by atoms with Crippen molar-refractivity contribution in [2.45, 2.75) is 6.92 Å². The van der Waals surface area contributed by atoms with Crippen LogP contribution in [0.15, 0.2) is 42.6 Å². The van der Waals surface area contributed by atoms with Crippen LogP contribution in [0.4, 0.5) is 11.4 Å². The lowest BCUT2D eigenvalue weighted by Gasteiger charge is -2.06. The zero-order valence-corrected chi connectivity index (χ0v) is 10.4. The highest BCUT2D eigenvalue weighted by molar-refractivity contribution is 6.04. The van der Waals surface area contributed by atoms with E-state index in [0.717, 1.165) is 11.4 Å². The van der Waals surface area contributed by atoms with Gasteiger partial charge in [-0.2, -0.15) is 0 Å². The Labute approximate surface area is 106 Å². The Morgan fingerprint density at radius 3 is 2.28 bits per heavy atom. The number of carbonyl (C=O) groups is 1. The Balaban J connectivity index is 2.09. The van der Waals surface area contributed by atoms with Crippen LogP contribution in [-0.2, 0) is 0 Å². The quantitative estimate of drug-likeness (QED) is 0.868. The summed E-state index contributed by atoms with van der Waals surface area (Å²) in [6, 6.07) is 11.0. The summed E-state index contributed by atoms with van der Waals surface area (Å²) >= 11 is 0. The van der Waals surface area contributed by atoms with E-state index in [4.69, 9.17) is 0 Å². The summed E-state index contributed by atoms with van der Waals surface area (Å²) in [5.74, 6) is -0.136. The summed E-state index contributed by atoms with van der Waals surface area (Å²) in [5, 5.41) is 5.81. The fraction of sp³-hybridized carbons (Fsp3) is 0.143. The number of carbonyl (C=O) groups excluding carboxylic acids is 1. The van der Waals surface area contributed by atoms with Crippen LogP contribution in [0.2, 0.25) is 0 Å². The Morgan fingerprint density at radius 2 is 1.72 bits per heavy atom. The maximum absolute atomic E-state index is 11.9. The maximum Gasteiger partial charge on any atom is 0.255 e. The predicted octanol–water partition coefficient (Wildman–Crippen LogP) is 2.68. The van der Waals surface area contributed by atoms with Crippen LogP contribution in [0.25, 0.3) is 0 Å². The molecule has 4 heteroatoms. The molecule has 2 rings (SSSR count). The van der Waals surface area contributed by atoms with E-state index < -0.39 is 0 Å². The predicted molar refractivity (Wildman–Crippen MR) is 72.9 cm³/mol. The minimum absolute atomic E-state index is 0.136. The molecule has 0 radical (unpaired) electrons. The molecule has 0 fully saturated rings. The van der Waals surface area contributed by atoms with Crippen molar-refractivity contribution in [3.8, 4) is 0 Å². The summed E-state index contributed by atoms with van der Waals surface area (Å²) in [7, 11) is 1.84. The summed E-state index contributed by atoms with van der Waals surface area (Å²) in [6.07, 6.45) is 1.65. The molecule has 0 atom stereocenters. The number of hydrogen-bond acceptors (Lipinski definition) is 3. The number of amides is 1. The molecule has 0 bridgehead atoms. The molecule has 1 amide bonds. The molecular weight excluding hydrogens is 226 g/mol. The first-order valence-electron chi connectivity index (χ1n) is 5.71. The molecule has 0 spiro atoms. The van der Waals surface area contributed by atoms with Gasteiger partial charge in [0.25, 0.3) is 5.91 Å². The smallest absolute Gasteiger partial charge is 0.255 e. The first-order chi connectivity index (χ1) is 8.69. The van der Waals surface area contributed by atoms with Crippen molar-refractivity contribution in [3.63, 3.8) is 0 Å². The second kappa shape index (κ2) is 5.31. The molecule has 1 aromatic heterocycles. The zero-order chi connectivity index (χ0) is 13.0. The van der Waals surface area contributed by atoms with E-state index in [-0.39, 0.29) is 5.91 Å². The third-order valence-electron chi connectivity index (χ3n) is 2.60. The lowest BCUT2D eigenvalue weighted by molar-refractivity contribution is 0.102. The third-order valence-corrected chi connectivity index (χ3v) is 2.60. The number of pyridine rings is 1. The van der Waals surface area contributed by atoms with Crippen LogP contribution >= 0.6 is 0 Å². The van der Waals surface area contributed by atoms with Crippen LogP contribution in [-0.4, -0.2) is 17.9 Å². The standard InChI is InChI=1S/C14H15N3O/c1-10-3-6-13(9-16-10)17-14(18)11-4-7-12(15-2)8-5-11/h3-9,15H,1-2H3,(H,17,18). The van der Waals surface area contributed by atoms with Gasteiger partial charge >= 0.3 is 0 Å². The number of anilines is 2. The van der Waals surface area contributed by atoms with Gasteiger partial charge in [0, 0.05) is 24.0 Å². The van der Waals surface area contributed by atoms with E-state index in [1.165, 1.54) is 0 Å². The Kier molecular flexibility index (Phi) is 3.57. The Morgan fingerprint density at radius 1 is 1.06 bits per heavy atom. The number of benzene rings is 1. The van der Waals surface area contributed by atoms with Crippen LogP contribution in [0.1, 0.15) is 16.1 Å². The van der Waals surface area contributed by atoms with Crippen LogP contribution in [0, 0.1) is 6.92 Å². The van der Waals surface area contributed by atoms with Crippen molar-refractivity contribution in [1.29, 1.82) is 0 Å². The molecule has 2 N–H and O–H groups in total. The highest BCUT2D eigenvalue weighted by Gasteiger charge is 2.05. The highest BCUT2D eigenvalue weighted by Crippen LogP contribution is 2.11. The normalized spacial score (nSPS) is 9.89. The Hall–Kier alpha value is -2.36. The van der Waals surface area contributed by atoms with Gasteiger partial charge in [-0.15, -0.1) is 0 Å². The van der Waals surface area contributed by atoms with E-state index in [1.807, 2.05) is 38.2 Å². The second-order valence-electron chi connectivity index (χ2n) is 3.97. The van der Waals surface area contributed by atoms with Crippen molar-refractivity contribution >= 4 is 17.3 Å². The van der Waals surface area contributed by atoms with Gasteiger partial charge in [-0.25, -0.2) is 0 Å². The first-order valence-corrected chi connectivity index (χ1v) is 5.71. The molecule has 0 saturated heterocycles. The minimum Gasteiger partial charge on any atom is -0.388 e. The molecular formula is C14H15N3O. The summed E-state index contributed by atoms with van der Waals surface area (Å²) < 4.78 is 0. The van der Waals surface area contributed by atoms with Gasteiger partial charge in [-0.1, -0.05) is 0 Å². The zero-order valence-electron chi connectivity index (χ0n) is 10.4. The first kappa shape index (κ1) is 12.1. The van der Waals surface area contributed by atoms with Gasteiger partial charge < -0.3 is 10.6 Å². The summed E-state index contributed by atoms with van der Waals surface area (Å²) in [4.78, 5) is 16.1. The maximum atomic E-state index is 11.9. The SMILES string of the molecule is CNc1ccc(C(=O)Nc2ccc(C)nc2)cc1. The minimum atomic E-state index is -0.136. The molecule has 0 aliphatic carbocycles. The third kappa shape index (κ3) is 2.85. The number of aromatic nitrogens is 1. The van der Waals surface area contributed by atoms with E-state index in [2.05, 4.69) is 15.6 Å². The fourth-order valence-electron chi connectivity index (χ4n) is 1.53. The van der Waals surface area contributed by atoms with Crippen LogP contribution < -0.4 is 10.6 Å². The molecule has 0 aliphatic heterocycles. The van der Waals surface area contributed by atoms with Crippen LogP contribution in [0.5, 0.6) is 0 Å². The second-order valence-corrected chi connectivity index (χ2v) is 3.97. The van der Waals surface area contributed by atoms with Crippen molar-refractivity contribution in [3.05, 3.63) is 53.9 Å². The Bertz CT molecular complexity index is 532. The van der Waals surface area contributed by atoms with Crippen molar-refractivity contribution in [2.75, 3.05) is 17.7 Å². The average molecular weight is 241 g/mol. The largest absolute Gasteiger partial charge is 0.388 e. The summed E-state index contributed by atoms with van der Waals surface area (Å²) in [6.45, 7) is 1.90. The fourth-order valence-corrected chi connectivity index (χ4v) is 1.53.